The summed E-state index contributed by atoms with van der Waals surface area (Å²) in [6.07, 6.45) is 1.77. The van der Waals surface area contributed by atoms with Crippen molar-refractivity contribution in [2.75, 3.05) is 19.7 Å². The van der Waals surface area contributed by atoms with Crippen molar-refractivity contribution in [1.82, 2.24) is 5.32 Å². The predicted octanol–water partition coefficient (Wildman–Crippen LogP) is -0.175. The number of ether oxygens (including phenoxy) is 1. The molecule has 1 N–H and O–H groups in total. The van der Waals surface area contributed by atoms with E-state index in [1.807, 2.05) is 0 Å². The lowest BCUT2D eigenvalue weighted by molar-refractivity contribution is -0.145. The van der Waals surface area contributed by atoms with E-state index in [1.54, 1.807) is 13.1 Å². The van der Waals surface area contributed by atoms with E-state index in [0.29, 0.717) is 13.2 Å². The zero-order valence-electron chi connectivity index (χ0n) is 8.06. The van der Waals surface area contributed by atoms with Gasteiger partial charge in [0.25, 0.3) is 0 Å². The first-order chi connectivity index (χ1) is 6.83. The Bertz CT molecular complexity index is 298. The Morgan fingerprint density at radius 3 is 3.36 bits per heavy atom. The Hall–Kier alpha value is -1.23. The van der Waals surface area contributed by atoms with Crippen LogP contribution in [0.15, 0.2) is 10.2 Å². The van der Waals surface area contributed by atoms with Crippen molar-refractivity contribution in [3.05, 3.63) is 0 Å². The van der Waals surface area contributed by atoms with Crippen molar-refractivity contribution >= 4 is 17.9 Å². The van der Waals surface area contributed by atoms with Gasteiger partial charge < -0.3 is 10.1 Å². The standard InChI is InChI=1S/C9H13N3O2/c1-2-14-9(13)7-5-10-3-6-4-11-12-8(6)7/h4,6-7,10H,2-3,5H2,1H3. The smallest absolute Gasteiger partial charge is 0.316 e. The molecule has 0 aromatic rings. The fraction of sp³-hybridized carbons (Fsp3) is 0.667. The maximum Gasteiger partial charge on any atom is 0.316 e. The predicted molar refractivity (Wildman–Crippen MR) is 52.4 cm³/mol. The number of carbonyl (C=O) groups is 1. The second kappa shape index (κ2) is 3.88. The summed E-state index contributed by atoms with van der Waals surface area (Å²) in [6.45, 7) is 3.64. The van der Waals surface area contributed by atoms with Crippen molar-refractivity contribution in [3.8, 4) is 0 Å². The molecular weight excluding hydrogens is 182 g/mol. The first-order valence-electron chi connectivity index (χ1n) is 4.81. The van der Waals surface area contributed by atoms with Crippen LogP contribution in [0.3, 0.4) is 0 Å². The molecule has 2 unspecified atom stereocenters. The minimum atomic E-state index is -0.254. The van der Waals surface area contributed by atoms with Crippen LogP contribution in [0.1, 0.15) is 6.92 Å². The first-order valence-corrected chi connectivity index (χ1v) is 4.81. The number of hydrogen-bond donors (Lipinski definition) is 1. The third-order valence-corrected chi connectivity index (χ3v) is 2.44. The van der Waals surface area contributed by atoms with Crippen LogP contribution in [0.4, 0.5) is 0 Å². The normalized spacial score (nSPS) is 29.6. The molecule has 0 aromatic heterocycles. The molecule has 5 nitrogen and oxygen atoms in total. The lowest BCUT2D eigenvalue weighted by Gasteiger charge is -2.25. The van der Waals surface area contributed by atoms with Crippen molar-refractivity contribution < 1.29 is 9.53 Å². The third kappa shape index (κ3) is 1.55. The van der Waals surface area contributed by atoms with Gasteiger partial charge in [0.1, 0.15) is 5.92 Å². The van der Waals surface area contributed by atoms with E-state index in [-0.39, 0.29) is 17.8 Å². The number of piperidine rings is 1. The SMILES string of the molecule is CCOC(=O)C1CNCC2C=NN=C21. The fourth-order valence-electron chi connectivity index (χ4n) is 1.75. The highest BCUT2D eigenvalue weighted by Gasteiger charge is 2.35. The van der Waals surface area contributed by atoms with Gasteiger partial charge in [0.05, 0.1) is 12.3 Å². The number of nitrogens with one attached hydrogen (secondary N) is 1. The first kappa shape index (κ1) is 9.33. The molecule has 0 aliphatic carbocycles. The fourth-order valence-corrected chi connectivity index (χ4v) is 1.75. The summed E-state index contributed by atoms with van der Waals surface area (Å²) >= 11 is 0. The van der Waals surface area contributed by atoms with Gasteiger partial charge in [-0.05, 0) is 6.92 Å². The quantitative estimate of drug-likeness (QED) is 0.622. The van der Waals surface area contributed by atoms with Crippen molar-refractivity contribution in [2.45, 2.75) is 6.92 Å². The van der Waals surface area contributed by atoms with E-state index in [4.69, 9.17) is 4.74 Å². The second-order valence-electron chi connectivity index (χ2n) is 3.36. The van der Waals surface area contributed by atoms with Crippen LogP contribution in [0.25, 0.3) is 0 Å². The number of carbonyl (C=O) groups excluding carboxylic acids is 1. The van der Waals surface area contributed by atoms with Gasteiger partial charge in [-0.1, -0.05) is 0 Å². The van der Waals surface area contributed by atoms with Gasteiger partial charge in [-0.15, -0.1) is 0 Å². The van der Waals surface area contributed by atoms with E-state index in [0.717, 1.165) is 12.3 Å². The van der Waals surface area contributed by atoms with Gasteiger partial charge in [0, 0.05) is 25.2 Å². The molecule has 2 rings (SSSR count). The molecular formula is C9H13N3O2. The summed E-state index contributed by atoms with van der Waals surface area (Å²) in [5.74, 6) is -0.275. The monoisotopic (exact) mass is 195 g/mol. The zero-order valence-corrected chi connectivity index (χ0v) is 8.06. The Morgan fingerprint density at radius 1 is 1.71 bits per heavy atom. The molecule has 0 aromatic carbocycles. The largest absolute Gasteiger partial charge is 0.465 e. The zero-order chi connectivity index (χ0) is 9.97. The minimum absolute atomic E-state index is 0.179. The van der Waals surface area contributed by atoms with Gasteiger partial charge in [-0.2, -0.15) is 10.2 Å². The van der Waals surface area contributed by atoms with Gasteiger partial charge in [0.15, 0.2) is 0 Å². The highest BCUT2D eigenvalue weighted by atomic mass is 16.5. The van der Waals surface area contributed by atoms with E-state index in [2.05, 4.69) is 15.5 Å². The van der Waals surface area contributed by atoms with E-state index >= 15 is 0 Å². The van der Waals surface area contributed by atoms with Gasteiger partial charge in [-0.25, -0.2) is 0 Å². The van der Waals surface area contributed by atoms with Gasteiger partial charge in [-0.3, -0.25) is 4.79 Å². The Labute approximate surface area is 82.2 Å². The molecule has 2 aliphatic rings. The molecule has 2 heterocycles. The summed E-state index contributed by atoms with van der Waals surface area (Å²) in [6, 6.07) is 0. The Kier molecular flexibility index (Phi) is 2.58. The van der Waals surface area contributed by atoms with E-state index in [9.17, 15) is 4.79 Å². The highest BCUT2D eigenvalue weighted by molar-refractivity contribution is 6.11. The second-order valence-corrected chi connectivity index (χ2v) is 3.36. The van der Waals surface area contributed by atoms with Crippen LogP contribution >= 0.6 is 0 Å². The molecule has 14 heavy (non-hydrogen) atoms. The van der Waals surface area contributed by atoms with Crippen LogP contribution in [-0.2, 0) is 9.53 Å². The molecule has 1 fully saturated rings. The Balaban J connectivity index is 2.08. The number of fused-ring (bicyclic) bond motifs is 1. The molecule has 5 heteroatoms. The minimum Gasteiger partial charge on any atom is -0.465 e. The number of hydrogen-bond acceptors (Lipinski definition) is 5. The van der Waals surface area contributed by atoms with Gasteiger partial charge in [0.2, 0.25) is 0 Å². The molecule has 0 amide bonds. The number of rotatable bonds is 2. The lowest BCUT2D eigenvalue weighted by atomic mass is 9.89. The molecule has 1 saturated heterocycles. The summed E-state index contributed by atoms with van der Waals surface area (Å²) in [7, 11) is 0. The van der Waals surface area contributed by atoms with Crippen molar-refractivity contribution in [2.24, 2.45) is 22.0 Å². The summed E-state index contributed by atoms with van der Waals surface area (Å²) in [5.41, 5.74) is 0.849. The Morgan fingerprint density at radius 2 is 2.57 bits per heavy atom. The molecule has 2 aliphatic heterocycles. The van der Waals surface area contributed by atoms with Crippen LogP contribution in [0, 0.1) is 11.8 Å². The molecule has 0 radical (unpaired) electrons. The summed E-state index contributed by atoms with van der Waals surface area (Å²) in [5, 5.41) is 11.0. The van der Waals surface area contributed by atoms with Crippen LogP contribution in [0.2, 0.25) is 0 Å². The molecule has 0 saturated carbocycles. The number of esters is 1. The van der Waals surface area contributed by atoms with E-state index < -0.39 is 0 Å². The van der Waals surface area contributed by atoms with Crippen molar-refractivity contribution in [1.29, 1.82) is 0 Å². The lowest BCUT2D eigenvalue weighted by Crippen LogP contribution is -2.47. The molecule has 0 spiro atoms. The number of nitrogens with zero attached hydrogens (tertiary/aromatic N) is 2. The average molecular weight is 195 g/mol. The van der Waals surface area contributed by atoms with Gasteiger partial charge >= 0.3 is 5.97 Å². The third-order valence-electron chi connectivity index (χ3n) is 2.44. The van der Waals surface area contributed by atoms with Crippen LogP contribution < -0.4 is 5.32 Å². The maximum absolute atomic E-state index is 11.5. The van der Waals surface area contributed by atoms with Crippen LogP contribution in [0.5, 0.6) is 0 Å². The molecule has 2 atom stereocenters. The van der Waals surface area contributed by atoms with Crippen molar-refractivity contribution in [3.63, 3.8) is 0 Å². The van der Waals surface area contributed by atoms with E-state index in [1.165, 1.54) is 0 Å². The molecule has 0 bridgehead atoms. The molecule has 76 valence electrons. The van der Waals surface area contributed by atoms with Crippen LogP contribution in [-0.4, -0.2) is 37.6 Å². The summed E-state index contributed by atoms with van der Waals surface area (Å²) < 4.78 is 4.97. The average Bonchev–Trinajstić information content (AvgIpc) is 2.65. The topological polar surface area (TPSA) is 63.0 Å². The highest BCUT2D eigenvalue weighted by Crippen LogP contribution is 2.18. The summed E-state index contributed by atoms with van der Waals surface area (Å²) in [4.78, 5) is 11.5. The maximum atomic E-state index is 11.5.